The zero-order valence-electron chi connectivity index (χ0n) is 16.4. The Morgan fingerprint density at radius 3 is 2.45 bits per heavy atom. The maximum absolute atomic E-state index is 12.4. The number of para-hydroxylation sites is 2. The van der Waals surface area contributed by atoms with Crippen molar-refractivity contribution < 1.29 is 18.3 Å². The second kappa shape index (κ2) is 10.0. The smallest absolute Gasteiger partial charge is 0.387 e. The van der Waals surface area contributed by atoms with Gasteiger partial charge in [-0.15, -0.1) is 0 Å². The molecule has 2 aromatic carbocycles. The Morgan fingerprint density at radius 2 is 1.79 bits per heavy atom. The Labute approximate surface area is 169 Å². The van der Waals surface area contributed by atoms with E-state index < -0.39 is 6.61 Å². The Morgan fingerprint density at radius 1 is 1.10 bits per heavy atom. The van der Waals surface area contributed by atoms with E-state index in [1.165, 1.54) is 18.2 Å². The summed E-state index contributed by atoms with van der Waals surface area (Å²) in [6.07, 6.45) is 3.05. The fourth-order valence-electron chi connectivity index (χ4n) is 3.27. The van der Waals surface area contributed by atoms with Crippen LogP contribution in [0.2, 0.25) is 0 Å². The van der Waals surface area contributed by atoms with Crippen molar-refractivity contribution in [1.29, 1.82) is 0 Å². The first kappa shape index (κ1) is 20.8. The molecule has 0 saturated carbocycles. The van der Waals surface area contributed by atoms with E-state index in [0.29, 0.717) is 5.56 Å². The molecule has 1 N–H and O–H groups in total. The van der Waals surface area contributed by atoms with Crippen LogP contribution in [0.3, 0.4) is 0 Å². The normalized spacial score (nSPS) is 15.1. The molecule has 1 saturated heterocycles. The molecule has 3 rings (SSSR count). The number of nitrogens with one attached hydrogen (secondary N) is 1. The third-order valence-electron chi connectivity index (χ3n) is 4.85. The lowest BCUT2D eigenvalue weighted by molar-refractivity contribution is -0.111. The molecule has 0 bridgehead atoms. The summed E-state index contributed by atoms with van der Waals surface area (Å²) in [4.78, 5) is 17.1. The van der Waals surface area contributed by atoms with Crippen LogP contribution in [-0.4, -0.2) is 50.1 Å². The number of anilines is 2. The monoisotopic (exact) mass is 401 g/mol. The highest BCUT2D eigenvalue weighted by Gasteiger charge is 2.18. The van der Waals surface area contributed by atoms with E-state index >= 15 is 0 Å². The van der Waals surface area contributed by atoms with Crippen LogP contribution in [0.1, 0.15) is 12.5 Å². The fourth-order valence-corrected chi connectivity index (χ4v) is 3.27. The lowest BCUT2D eigenvalue weighted by Gasteiger charge is -2.36. The summed E-state index contributed by atoms with van der Waals surface area (Å²) in [6, 6.07) is 13.9. The van der Waals surface area contributed by atoms with E-state index in [1.54, 1.807) is 18.2 Å². The largest absolute Gasteiger partial charge is 0.435 e. The second-order valence-corrected chi connectivity index (χ2v) is 6.71. The molecular weight excluding hydrogens is 376 g/mol. The minimum atomic E-state index is -2.85. The molecule has 0 aromatic heterocycles. The van der Waals surface area contributed by atoms with Crippen molar-refractivity contribution in [1.82, 2.24) is 4.90 Å². The molecule has 0 spiro atoms. The number of rotatable bonds is 7. The summed E-state index contributed by atoms with van der Waals surface area (Å²) >= 11 is 0. The predicted octanol–water partition coefficient (Wildman–Crippen LogP) is 4.08. The highest BCUT2D eigenvalue weighted by atomic mass is 19.3. The van der Waals surface area contributed by atoms with Crippen LogP contribution in [0.15, 0.2) is 54.6 Å². The number of amides is 1. The summed E-state index contributed by atoms with van der Waals surface area (Å²) in [7, 11) is 0. The minimum absolute atomic E-state index is 0.0821. The Kier molecular flexibility index (Phi) is 7.19. The van der Waals surface area contributed by atoms with Crippen molar-refractivity contribution in [2.45, 2.75) is 13.5 Å². The summed E-state index contributed by atoms with van der Waals surface area (Å²) < 4.78 is 28.7. The van der Waals surface area contributed by atoms with Crippen LogP contribution in [0.5, 0.6) is 5.75 Å². The predicted molar refractivity (Wildman–Crippen MR) is 112 cm³/mol. The van der Waals surface area contributed by atoms with Crippen molar-refractivity contribution in [3.8, 4) is 5.75 Å². The van der Waals surface area contributed by atoms with Gasteiger partial charge in [-0.05, 0) is 42.4 Å². The molecule has 1 fully saturated rings. The van der Waals surface area contributed by atoms with Gasteiger partial charge in [-0.25, -0.2) is 0 Å². The molecule has 7 heteroatoms. The number of hydrogen-bond donors (Lipinski definition) is 1. The number of alkyl halides is 2. The molecular formula is C22H25F2N3O2. The number of hydrogen-bond acceptors (Lipinski definition) is 4. The van der Waals surface area contributed by atoms with Crippen LogP contribution in [0.25, 0.3) is 6.08 Å². The lowest BCUT2D eigenvalue weighted by atomic mass is 10.2. The molecule has 0 unspecified atom stereocenters. The van der Waals surface area contributed by atoms with Crippen molar-refractivity contribution in [2.75, 3.05) is 42.9 Å². The van der Waals surface area contributed by atoms with E-state index in [4.69, 9.17) is 0 Å². The van der Waals surface area contributed by atoms with Crippen molar-refractivity contribution in [3.05, 3.63) is 60.2 Å². The lowest BCUT2D eigenvalue weighted by Crippen LogP contribution is -2.46. The quantitative estimate of drug-likeness (QED) is 0.710. The van der Waals surface area contributed by atoms with Crippen molar-refractivity contribution >= 4 is 23.4 Å². The number of piperazine rings is 1. The fraction of sp³-hybridized carbons (Fsp3) is 0.318. The van der Waals surface area contributed by atoms with Gasteiger partial charge in [-0.1, -0.05) is 31.2 Å². The van der Waals surface area contributed by atoms with Gasteiger partial charge in [-0.2, -0.15) is 8.78 Å². The van der Waals surface area contributed by atoms with Crippen molar-refractivity contribution in [3.63, 3.8) is 0 Å². The summed E-state index contributed by atoms with van der Waals surface area (Å²) in [5.74, 6) is -0.170. The van der Waals surface area contributed by atoms with Gasteiger partial charge in [0.15, 0.2) is 0 Å². The number of carbonyl (C=O) groups excluding carboxylic acids is 1. The highest BCUT2D eigenvalue weighted by Crippen LogP contribution is 2.26. The second-order valence-electron chi connectivity index (χ2n) is 6.71. The van der Waals surface area contributed by atoms with Gasteiger partial charge in [0.2, 0.25) is 5.91 Å². The van der Waals surface area contributed by atoms with E-state index in [-0.39, 0.29) is 11.7 Å². The molecule has 1 aliphatic heterocycles. The highest BCUT2D eigenvalue weighted by molar-refractivity contribution is 6.03. The maximum Gasteiger partial charge on any atom is 0.387 e. The molecule has 5 nitrogen and oxygen atoms in total. The molecule has 1 aliphatic rings. The number of nitrogens with zero attached hydrogens (tertiary/aromatic N) is 2. The molecule has 0 atom stereocenters. The number of benzene rings is 2. The SMILES string of the molecule is CCN1CCN(c2ccccc2NC(=O)/C=C/c2ccc(OC(F)F)cc2)CC1. The first-order valence-electron chi connectivity index (χ1n) is 9.65. The van der Waals surface area contributed by atoms with E-state index in [1.807, 2.05) is 24.3 Å². The van der Waals surface area contributed by atoms with Crippen molar-refractivity contribution in [2.24, 2.45) is 0 Å². The number of halogens is 2. The zero-order valence-corrected chi connectivity index (χ0v) is 16.4. The van der Waals surface area contributed by atoms with Gasteiger partial charge in [0, 0.05) is 32.3 Å². The van der Waals surface area contributed by atoms with E-state index in [9.17, 15) is 13.6 Å². The third kappa shape index (κ3) is 6.02. The third-order valence-corrected chi connectivity index (χ3v) is 4.85. The number of carbonyl (C=O) groups is 1. The molecule has 0 aliphatic carbocycles. The van der Waals surface area contributed by atoms with Crippen LogP contribution < -0.4 is 15.0 Å². The van der Waals surface area contributed by atoms with Gasteiger partial charge in [0.05, 0.1) is 11.4 Å². The van der Waals surface area contributed by atoms with Crippen LogP contribution in [-0.2, 0) is 4.79 Å². The van der Waals surface area contributed by atoms with Crippen LogP contribution >= 0.6 is 0 Å². The first-order chi connectivity index (χ1) is 14.0. The number of ether oxygens (including phenoxy) is 1. The van der Waals surface area contributed by atoms with Gasteiger partial charge in [-0.3, -0.25) is 4.79 Å². The maximum atomic E-state index is 12.4. The number of likely N-dealkylation sites (N-methyl/N-ethyl adjacent to an activating group) is 1. The van der Waals surface area contributed by atoms with E-state index in [2.05, 4.69) is 26.8 Å². The molecule has 29 heavy (non-hydrogen) atoms. The summed E-state index contributed by atoms with van der Waals surface area (Å²) in [5, 5.41) is 2.94. The van der Waals surface area contributed by atoms with Gasteiger partial charge < -0.3 is 19.9 Å². The average Bonchev–Trinajstić information content (AvgIpc) is 2.73. The minimum Gasteiger partial charge on any atom is -0.435 e. The Balaban J connectivity index is 1.61. The average molecular weight is 401 g/mol. The van der Waals surface area contributed by atoms with E-state index in [0.717, 1.165) is 44.1 Å². The van der Waals surface area contributed by atoms with Gasteiger partial charge in [0.1, 0.15) is 5.75 Å². The summed E-state index contributed by atoms with van der Waals surface area (Å²) in [5.41, 5.74) is 2.50. The zero-order chi connectivity index (χ0) is 20.6. The van der Waals surface area contributed by atoms with Gasteiger partial charge in [0.25, 0.3) is 0 Å². The molecule has 1 heterocycles. The van der Waals surface area contributed by atoms with Crippen LogP contribution in [0, 0.1) is 0 Å². The summed E-state index contributed by atoms with van der Waals surface area (Å²) in [6.45, 7) is 4.20. The molecule has 1 amide bonds. The first-order valence-corrected chi connectivity index (χ1v) is 9.65. The topological polar surface area (TPSA) is 44.8 Å². The Hall–Kier alpha value is -2.93. The molecule has 2 aromatic rings. The van der Waals surface area contributed by atoms with Crippen LogP contribution in [0.4, 0.5) is 20.2 Å². The standard InChI is InChI=1S/C22H25F2N3O2/c1-2-26-13-15-27(16-14-26)20-6-4-3-5-19(20)25-21(28)12-9-17-7-10-18(11-8-17)29-22(23)24/h3-12,22H,2,13-16H2,1H3,(H,25,28)/b12-9+. The van der Waals surface area contributed by atoms with Gasteiger partial charge >= 0.3 is 6.61 Å². The Bertz CT molecular complexity index is 832. The molecule has 0 radical (unpaired) electrons. The molecule has 154 valence electrons.